The highest BCUT2D eigenvalue weighted by Gasteiger charge is 2.28. The molecule has 0 aliphatic rings. The van der Waals surface area contributed by atoms with Crippen LogP contribution in [0, 0.1) is 0 Å². The van der Waals surface area contributed by atoms with Crippen molar-refractivity contribution in [2.45, 2.75) is 161 Å². The standard InChI is InChI=1S/C43H76O15P2/c1-3-5-7-9-11-13-15-17-18-20-22-24-26-28-30-32-43(48)54-34-40(45)36-56-60(51,52)58-38-41(46)37-57-59(49,50)55-35-39(44)33-53-42(47)31-29-27-25-23-21-19-16-14-12-10-8-6-4-2/h5,7,9,11,13,15,17-19,21,39-41,44-46H,3-4,6,8,10,12,14,16,20,22-38H2,1-2H3,(H,49,50)(H,51,52)/b7-5+,11-9+,15-13+,18-17-,21-19-. The SMILES string of the molecule is CC/C=C/C=C/C=C/C=C\CCCCCCCC(=O)OCC(O)COP(=O)(O)OCC(O)COP(=O)(O)OCC(O)COC(=O)CCCCC/C=C\CCCCCCCC. The van der Waals surface area contributed by atoms with Gasteiger partial charge in [0.2, 0.25) is 0 Å². The summed E-state index contributed by atoms with van der Waals surface area (Å²) < 4.78 is 52.8. The van der Waals surface area contributed by atoms with Crippen LogP contribution in [-0.4, -0.2) is 95.0 Å². The molecule has 0 aliphatic heterocycles. The van der Waals surface area contributed by atoms with Gasteiger partial charge in [-0.3, -0.25) is 27.7 Å². The Morgan fingerprint density at radius 1 is 0.450 bits per heavy atom. The third kappa shape index (κ3) is 41.1. The van der Waals surface area contributed by atoms with Crippen LogP contribution in [0.4, 0.5) is 0 Å². The summed E-state index contributed by atoms with van der Waals surface area (Å²) in [5.74, 6) is -1.04. The quantitative estimate of drug-likeness (QED) is 0.0127. The Morgan fingerprint density at radius 2 is 0.783 bits per heavy atom. The molecule has 5 N–H and O–H groups in total. The number of hydrogen-bond acceptors (Lipinski definition) is 13. The monoisotopic (exact) mass is 894 g/mol. The second-order valence-electron chi connectivity index (χ2n) is 14.4. The molecule has 0 bridgehead atoms. The van der Waals surface area contributed by atoms with E-state index >= 15 is 0 Å². The third-order valence-electron chi connectivity index (χ3n) is 8.55. The number of ether oxygens (including phenoxy) is 2. The van der Waals surface area contributed by atoms with E-state index < -0.39 is 85.5 Å². The van der Waals surface area contributed by atoms with E-state index in [1.165, 1.54) is 38.5 Å². The lowest BCUT2D eigenvalue weighted by Gasteiger charge is -2.19. The van der Waals surface area contributed by atoms with Gasteiger partial charge in [-0.25, -0.2) is 9.13 Å². The van der Waals surface area contributed by atoms with Gasteiger partial charge >= 0.3 is 27.6 Å². The molecule has 0 amide bonds. The predicted molar refractivity (Wildman–Crippen MR) is 233 cm³/mol. The number of esters is 2. The molecule has 0 radical (unpaired) electrons. The molecule has 5 atom stereocenters. The number of rotatable bonds is 41. The van der Waals surface area contributed by atoms with E-state index in [0.717, 1.165) is 64.2 Å². The molecule has 0 spiro atoms. The lowest BCUT2D eigenvalue weighted by molar-refractivity contribution is -0.148. The van der Waals surface area contributed by atoms with E-state index in [-0.39, 0.29) is 12.8 Å². The van der Waals surface area contributed by atoms with Gasteiger partial charge in [-0.15, -0.1) is 0 Å². The van der Waals surface area contributed by atoms with Crippen molar-refractivity contribution in [1.29, 1.82) is 0 Å². The van der Waals surface area contributed by atoms with Crippen LogP contribution in [0.5, 0.6) is 0 Å². The topological polar surface area (TPSA) is 225 Å². The number of allylic oxidation sites excluding steroid dienone is 10. The molecule has 17 heteroatoms. The number of aliphatic hydroxyl groups excluding tert-OH is 3. The zero-order valence-electron chi connectivity index (χ0n) is 36.1. The number of phosphoric ester groups is 2. The Hall–Kier alpha value is -2.26. The van der Waals surface area contributed by atoms with Crippen LogP contribution < -0.4 is 0 Å². The molecule has 60 heavy (non-hydrogen) atoms. The van der Waals surface area contributed by atoms with Gasteiger partial charge in [0.15, 0.2) is 0 Å². The fraction of sp³-hybridized carbons (Fsp3) is 0.721. The molecule has 15 nitrogen and oxygen atoms in total. The van der Waals surface area contributed by atoms with Crippen molar-refractivity contribution in [1.82, 2.24) is 0 Å². The summed E-state index contributed by atoms with van der Waals surface area (Å²) in [4.78, 5) is 43.6. The summed E-state index contributed by atoms with van der Waals surface area (Å²) in [6, 6.07) is 0. The molecule has 0 saturated heterocycles. The smallest absolute Gasteiger partial charge is 0.463 e. The van der Waals surface area contributed by atoms with Crippen LogP contribution in [-0.2, 0) is 46.3 Å². The summed E-state index contributed by atoms with van der Waals surface area (Å²) in [5.41, 5.74) is 0. The molecule has 5 unspecified atom stereocenters. The maximum absolute atomic E-state index is 12.1. The lowest BCUT2D eigenvalue weighted by atomic mass is 10.1. The first-order chi connectivity index (χ1) is 28.8. The van der Waals surface area contributed by atoms with Gasteiger partial charge in [0.1, 0.15) is 31.5 Å². The molecule has 0 aromatic rings. The Labute approximate surface area is 359 Å². The zero-order chi connectivity index (χ0) is 44.6. The molecule has 0 aromatic carbocycles. The van der Waals surface area contributed by atoms with Gasteiger partial charge in [0.25, 0.3) is 0 Å². The van der Waals surface area contributed by atoms with Crippen LogP contribution in [0.2, 0.25) is 0 Å². The van der Waals surface area contributed by atoms with Gasteiger partial charge in [-0.05, 0) is 57.8 Å². The van der Waals surface area contributed by atoms with Crippen LogP contribution in [0.15, 0.2) is 60.8 Å². The molecule has 0 rings (SSSR count). The van der Waals surface area contributed by atoms with Crippen molar-refractivity contribution in [2.75, 3.05) is 39.6 Å². The Bertz CT molecular complexity index is 1320. The lowest BCUT2D eigenvalue weighted by Crippen LogP contribution is -2.25. The zero-order valence-corrected chi connectivity index (χ0v) is 37.9. The molecule has 0 aromatic heterocycles. The van der Waals surface area contributed by atoms with E-state index in [1.54, 1.807) is 0 Å². The van der Waals surface area contributed by atoms with Crippen LogP contribution >= 0.6 is 15.6 Å². The summed E-state index contributed by atoms with van der Waals surface area (Å²) in [6.45, 7) is 0.194. The molecule has 0 saturated carbocycles. The third-order valence-corrected chi connectivity index (χ3v) is 10.5. The summed E-state index contributed by atoms with van der Waals surface area (Å²) in [6.07, 6.45) is 35.1. The van der Waals surface area contributed by atoms with Crippen LogP contribution in [0.25, 0.3) is 0 Å². The van der Waals surface area contributed by atoms with Crippen molar-refractivity contribution in [3.63, 3.8) is 0 Å². The first-order valence-electron chi connectivity index (χ1n) is 21.7. The molecular formula is C43H76O15P2. The van der Waals surface area contributed by atoms with Crippen LogP contribution in [0.3, 0.4) is 0 Å². The van der Waals surface area contributed by atoms with E-state index in [4.69, 9.17) is 9.47 Å². The maximum atomic E-state index is 12.1. The van der Waals surface area contributed by atoms with Crippen molar-refractivity contribution in [3.05, 3.63) is 60.8 Å². The number of phosphoric acid groups is 2. The van der Waals surface area contributed by atoms with E-state index in [1.807, 2.05) is 36.5 Å². The summed E-state index contributed by atoms with van der Waals surface area (Å²) >= 11 is 0. The number of carbonyl (C=O) groups excluding carboxylic acids is 2. The summed E-state index contributed by atoms with van der Waals surface area (Å²) in [7, 11) is -9.58. The number of hydrogen-bond donors (Lipinski definition) is 5. The highest BCUT2D eigenvalue weighted by atomic mass is 31.2. The number of aliphatic hydroxyl groups is 3. The fourth-order valence-electron chi connectivity index (χ4n) is 5.16. The first kappa shape index (κ1) is 57.7. The molecule has 348 valence electrons. The predicted octanol–water partition coefficient (Wildman–Crippen LogP) is 9.05. The average molecular weight is 895 g/mol. The second-order valence-corrected chi connectivity index (χ2v) is 17.3. The highest BCUT2D eigenvalue weighted by molar-refractivity contribution is 7.47. The first-order valence-corrected chi connectivity index (χ1v) is 24.7. The minimum atomic E-state index is -4.79. The molecule has 0 heterocycles. The minimum Gasteiger partial charge on any atom is -0.463 e. The van der Waals surface area contributed by atoms with Gasteiger partial charge in [0, 0.05) is 12.8 Å². The van der Waals surface area contributed by atoms with Crippen LogP contribution in [0.1, 0.15) is 142 Å². The summed E-state index contributed by atoms with van der Waals surface area (Å²) in [5, 5.41) is 29.9. The number of unbranched alkanes of at least 4 members (excludes halogenated alkanes) is 14. The van der Waals surface area contributed by atoms with Gasteiger partial charge in [0.05, 0.1) is 26.4 Å². The Balaban J connectivity index is 3.97. The van der Waals surface area contributed by atoms with Gasteiger partial charge in [-0.1, -0.05) is 132 Å². The molecule has 0 aliphatic carbocycles. The van der Waals surface area contributed by atoms with E-state index in [9.17, 15) is 43.8 Å². The molecule has 0 fully saturated rings. The Morgan fingerprint density at radius 3 is 1.22 bits per heavy atom. The second kappa shape index (κ2) is 39.6. The van der Waals surface area contributed by atoms with Crippen molar-refractivity contribution < 1.29 is 71.4 Å². The molecular weight excluding hydrogens is 818 g/mol. The van der Waals surface area contributed by atoms with E-state index in [0.29, 0.717) is 12.8 Å². The fourth-order valence-corrected chi connectivity index (χ4v) is 6.75. The van der Waals surface area contributed by atoms with Crippen molar-refractivity contribution in [3.8, 4) is 0 Å². The highest BCUT2D eigenvalue weighted by Crippen LogP contribution is 2.45. The number of carbonyl (C=O) groups is 2. The average Bonchev–Trinajstić information content (AvgIpc) is 3.22. The van der Waals surface area contributed by atoms with Crippen molar-refractivity contribution in [2.24, 2.45) is 0 Å². The Kier molecular flexibility index (Phi) is 38.1. The normalized spacial score (nSPS) is 15.9. The largest absolute Gasteiger partial charge is 0.472 e. The van der Waals surface area contributed by atoms with Gasteiger partial charge < -0.3 is 34.6 Å². The van der Waals surface area contributed by atoms with Gasteiger partial charge in [-0.2, -0.15) is 0 Å². The maximum Gasteiger partial charge on any atom is 0.472 e. The van der Waals surface area contributed by atoms with Crippen molar-refractivity contribution >= 4 is 27.6 Å². The van der Waals surface area contributed by atoms with E-state index in [2.05, 4.69) is 56.2 Å². The minimum absolute atomic E-state index is 0.167.